The molecule has 0 atom stereocenters. The molecule has 1 fully saturated rings. The van der Waals surface area contributed by atoms with Gasteiger partial charge in [0.2, 0.25) is 5.91 Å². The van der Waals surface area contributed by atoms with Crippen molar-refractivity contribution in [1.82, 2.24) is 19.8 Å². The number of hydrogen-bond acceptors (Lipinski definition) is 3. The van der Waals surface area contributed by atoms with Crippen molar-refractivity contribution in [2.45, 2.75) is 32.1 Å². The van der Waals surface area contributed by atoms with E-state index in [1.54, 1.807) is 6.33 Å². The van der Waals surface area contributed by atoms with Crippen molar-refractivity contribution < 1.29 is 9.59 Å². The first-order valence-electron chi connectivity index (χ1n) is 10.3. The molecule has 2 aromatic carbocycles. The highest BCUT2D eigenvalue weighted by molar-refractivity contribution is 5.94. The first-order chi connectivity index (χ1) is 14.2. The lowest BCUT2D eigenvalue weighted by atomic mass is 10.2. The first-order valence-corrected chi connectivity index (χ1v) is 10.3. The van der Waals surface area contributed by atoms with Gasteiger partial charge in [0.1, 0.15) is 6.33 Å². The molecule has 1 aromatic heterocycles. The van der Waals surface area contributed by atoms with Gasteiger partial charge in [-0.05, 0) is 55.7 Å². The largest absolute Gasteiger partial charge is 0.352 e. The van der Waals surface area contributed by atoms with E-state index in [2.05, 4.69) is 10.3 Å². The molecule has 1 aliphatic rings. The van der Waals surface area contributed by atoms with Crippen molar-refractivity contribution in [3.8, 4) is 5.69 Å². The Kier molecular flexibility index (Phi) is 5.89. The Morgan fingerprint density at radius 1 is 1.03 bits per heavy atom. The standard InChI is InChI=1S/C23H26N4O2/c28-22-9-2-1-5-15-26(22)16-6-14-24-23(29)18-10-12-19(13-11-18)27-17-25-20-7-3-4-8-21(20)27/h3-4,7-8,10-13,17H,1-2,5-6,9,14-16H2,(H,24,29). The zero-order valence-corrected chi connectivity index (χ0v) is 16.5. The molecule has 3 aromatic rings. The summed E-state index contributed by atoms with van der Waals surface area (Å²) in [5.41, 5.74) is 3.57. The third-order valence-corrected chi connectivity index (χ3v) is 5.42. The summed E-state index contributed by atoms with van der Waals surface area (Å²) in [6.45, 7) is 2.12. The first kappa shape index (κ1) is 19.2. The van der Waals surface area contributed by atoms with Crippen LogP contribution in [-0.2, 0) is 4.79 Å². The number of para-hydroxylation sites is 2. The van der Waals surface area contributed by atoms with Crippen molar-refractivity contribution in [3.05, 3.63) is 60.4 Å². The van der Waals surface area contributed by atoms with E-state index >= 15 is 0 Å². The number of rotatable bonds is 6. The monoisotopic (exact) mass is 390 g/mol. The van der Waals surface area contributed by atoms with Gasteiger partial charge in [0, 0.05) is 37.3 Å². The number of amides is 2. The molecule has 150 valence electrons. The van der Waals surface area contributed by atoms with Gasteiger partial charge in [-0.1, -0.05) is 18.6 Å². The van der Waals surface area contributed by atoms with Crippen LogP contribution in [0.15, 0.2) is 54.9 Å². The Morgan fingerprint density at radius 3 is 2.72 bits per heavy atom. The molecule has 2 heterocycles. The summed E-state index contributed by atoms with van der Waals surface area (Å²) in [4.78, 5) is 30.8. The minimum atomic E-state index is -0.0887. The second-order valence-corrected chi connectivity index (χ2v) is 7.45. The van der Waals surface area contributed by atoms with E-state index in [0.29, 0.717) is 25.1 Å². The van der Waals surface area contributed by atoms with Gasteiger partial charge < -0.3 is 10.2 Å². The van der Waals surface area contributed by atoms with E-state index in [1.807, 2.05) is 58.0 Å². The molecule has 29 heavy (non-hydrogen) atoms. The van der Waals surface area contributed by atoms with Crippen LogP contribution in [0.1, 0.15) is 42.5 Å². The Morgan fingerprint density at radius 2 is 1.86 bits per heavy atom. The minimum Gasteiger partial charge on any atom is -0.352 e. The summed E-state index contributed by atoms with van der Waals surface area (Å²) in [7, 11) is 0. The van der Waals surface area contributed by atoms with Crippen LogP contribution in [-0.4, -0.2) is 45.9 Å². The quantitative estimate of drug-likeness (QED) is 0.655. The molecule has 6 nitrogen and oxygen atoms in total. The molecule has 0 unspecified atom stereocenters. The number of carbonyl (C=O) groups is 2. The van der Waals surface area contributed by atoms with Crippen LogP contribution < -0.4 is 5.32 Å². The van der Waals surface area contributed by atoms with Gasteiger partial charge in [-0.2, -0.15) is 0 Å². The Bertz CT molecular complexity index is 994. The normalized spacial score (nSPS) is 14.8. The number of nitrogens with zero attached hydrogens (tertiary/aromatic N) is 3. The molecule has 1 aliphatic heterocycles. The van der Waals surface area contributed by atoms with Crippen LogP contribution >= 0.6 is 0 Å². The van der Waals surface area contributed by atoms with Crippen LogP contribution in [0.4, 0.5) is 0 Å². The zero-order chi connectivity index (χ0) is 20.1. The van der Waals surface area contributed by atoms with Crippen LogP contribution in [0.3, 0.4) is 0 Å². The van der Waals surface area contributed by atoms with E-state index in [0.717, 1.165) is 48.9 Å². The van der Waals surface area contributed by atoms with E-state index in [9.17, 15) is 9.59 Å². The zero-order valence-electron chi connectivity index (χ0n) is 16.5. The van der Waals surface area contributed by atoms with E-state index in [1.165, 1.54) is 0 Å². The molecule has 1 N–H and O–H groups in total. The fraction of sp³-hybridized carbons (Fsp3) is 0.348. The van der Waals surface area contributed by atoms with E-state index in [4.69, 9.17) is 0 Å². The predicted molar refractivity (Wildman–Crippen MR) is 113 cm³/mol. The van der Waals surface area contributed by atoms with Crippen molar-refractivity contribution in [3.63, 3.8) is 0 Å². The van der Waals surface area contributed by atoms with Crippen molar-refractivity contribution >= 4 is 22.8 Å². The number of imidazole rings is 1. The lowest BCUT2D eigenvalue weighted by Crippen LogP contribution is -2.34. The number of benzene rings is 2. The Hall–Kier alpha value is -3.15. The molecule has 6 heteroatoms. The highest BCUT2D eigenvalue weighted by Gasteiger charge is 2.16. The van der Waals surface area contributed by atoms with Gasteiger partial charge in [0.25, 0.3) is 5.91 Å². The van der Waals surface area contributed by atoms with E-state index in [-0.39, 0.29) is 11.8 Å². The summed E-state index contributed by atoms with van der Waals surface area (Å²) in [6.07, 6.45) is 6.43. The Balaban J connectivity index is 1.31. The minimum absolute atomic E-state index is 0.0887. The lowest BCUT2D eigenvalue weighted by Gasteiger charge is -2.20. The molecule has 0 bridgehead atoms. The van der Waals surface area contributed by atoms with Gasteiger partial charge in [0.15, 0.2) is 0 Å². The topological polar surface area (TPSA) is 67.2 Å². The van der Waals surface area contributed by atoms with Gasteiger partial charge in [-0.3, -0.25) is 14.2 Å². The SMILES string of the molecule is O=C(NCCCN1CCCCCC1=O)c1ccc(-n2cnc3ccccc32)cc1. The maximum absolute atomic E-state index is 12.4. The third-order valence-electron chi connectivity index (χ3n) is 5.42. The van der Waals surface area contributed by atoms with Crippen LogP contribution in [0, 0.1) is 0 Å². The summed E-state index contributed by atoms with van der Waals surface area (Å²) in [6, 6.07) is 15.5. The number of fused-ring (bicyclic) bond motifs is 1. The van der Waals surface area contributed by atoms with Crippen molar-refractivity contribution in [2.24, 2.45) is 0 Å². The van der Waals surface area contributed by atoms with Crippen molar-refractivity contribution in [1.29, 1.82) is 0 Å². The van der Waals surface area contributed by atoms with Gasteiger partial charge in [-0.15, -0.1) is 0 Å². The van der Waals surface area contributed by atoms with Crippen LogP contribution in [0.25, 0.3) is 16.7 Å². The highest BCUT2D eigenvalue weighted by atomic mass is 16.2. The molecule has 2 amide bonds. The Labute approximate surface area is 170 Å². The van der Waals surface area contributed by atoms with Gasteiger partial charge in [0.05, 0.1) is 11.0 Å². The van der Waals surface area contributed by atoms with Crippen LogP contribution in [0.5, 0.6) is 0 Å². The summed E-state index contributed by atoms with van der Waals surface area (Å²) >= 11 is 0. The number of carbonyl (C=O) groups excluding carboxylic acids is 2. The van der Waals surface area contributed by atoms with Gasteiger partial charge >= 0.3 is 0 Å². The maximum Gasteiger partial charge on any atom is 0.251 e. The third kappa shape index (κ3) is 4.47. The second-order valence-electron chi connectivity index (χ2n) is 7.45. The number of aromatic nitrogens is 2. The summed E-state index contributed by atoms with van der Waals surface area (Å²) in [5.74, 6) is 0.158. The molecular weight excluding hydrogens is 364 g/mol. The predicted octanol–water partition coefficient (Wildman–Crippen LogP) is 3.55. The van der Waals surface area contributed by atoms with Gasteiger partial charge in [-0.25, -0.2) is 4.98 Å². The van der Waals surface area contributed by atoms with Crippen molar-refractivity contribution in [2.75, 3.05) is 19.6 Å². The smallest absolute Gasteiger partial charge is 0.251 e. The maximum atomic E-state index is 12.4. The average molecular weight is 390 g/mol. The number of likely N-dealkylation sites (tertiary alicyclic amines) is 1. The molecule has 1 saturated heterocycles. The molecule has 4 rings (SSSR count). The number of nitrogens with one attached hydrogen (secondary N) is 1. The molecular formula is C23H26N4O2. The highest BCUT2D eigenvalue weighted by Crippen LogP contribution is 2.18. The molecule has 0 radical (unpaired) electrons. The summed E-state index contributed by atoms with van der Waals surface area (Å²) in [5, 5.41) is 2.96. The fourth-order valence-electron chi connectivity index (χ4n) is 3.79. The molecule has 0 aliphatic carbocycles. The molecule has 0 spiro atoms. The molecule has 0 saturated carbocycles. The fourth-order valence-corrected chi connectivity index (χ4v) is 3.79. The lowest BCUT2D eigenvalue weighted by molar-refractivity contribution is -0.130. The van der Waals surface area contributed by atoms with Crippen LogP contribution in [0.2, 0.25) is 0 Å². The number of hydrogen-bond donors (Lipinski definition) is 1. The average Bonchev–Trinajstić information content (AvgIpc) is 3.08. The summed E-state index contributed by atoms with van der Waals surface area (Å²) < 4.78 is 2.01. The van der Waals surface area contributed by atoms with E-state index < -0.39 is 0 Å². The second kappa shape index (κ2) is 8.90.